The number of rotatable bonds is 8. The van der Waals surface area contributed by atoms with E-state index >= 15 is 0 Å². The Morgan fingerprint density at radius 3 is 2.30 bits per heavy atom. The zero-order valence-electron chi connectivity index (χ0n) is 17.5. The van der Waals surface area contributed by atoms with Crippen LogP contribution in [0.25, 0.3) is 0 Å². The first-order valence-corrected chi connectivity index (χ1v) is 10.8. The summed E-state index contributed by atoms with van der Waals surface area (Å²) < 4.78 is 23.4. The molecular weight excluding hydrogens is 475 g/mol. The van der Waals surface area contributed by atoms with E-state index in [-0.39, 0.29) is 24.0 Å². The van der Waals surface area contributed by atoms with Gasteiger partial charge >= 0.3 is 0 Å². The van der Waals surface area contributed by atoms with E-state index in [1.807, 2.05) is 19.1 Å². The number of benzene rings is 1. The Morgan fingerprint density at radius 2 is 1.85 bits per heavy atom. The molecule has 0 spiro atoms. The number of hydrogen-bond donors (Lipinski definition) is 2. The van der Waals surface area contributed by atoms with Crippen molar-refractivity contribution in [3.63, 3.8) is 0 Å². The maximum absolute atomic E-state index is 11.7. The highest BCUT2D eigenvalue weighted by Crippen LogP contribution is 2.16. The van der Waals surface area contributed by atoms with Gasteiger partial charge in [-0.1, -0.05) is 26.0 Å². The fourth-order valence-electron chi connectivity index (χ4n) is 2.88. The minimum Gasteiger partial charge on any atom is -0.355 e. The Bertz CT molecular complexity index is 718. The molecule has 0 heterocycles. The van der Waals surface area contributed by atoms with Gasteiger partial charge in [-0.2, -0.15) is 0 Å². The molecule has 1 aromatic carbocycles. The molecule has 0 aliphatic rings. The lowest BCUT2D eigenvalue weighted by Crippen LogP contribution is -2.45. The zero-order valence-corrected chi connectivity index (χ0v) is 20.7. The van der Waals surface area contributed by atoms with Crippen LogP contribution in [-0.2, 0) is 16.4 Å². The Kier molecular flexibility index (Phi) is 11.5. The molecule has 6 nitrogen and oxygen atoms in total. The molecule has 0 bridgehead atoms. The number of guanidine groups is 1. The van der Waals surface area contributed by atoms with Crippen LogP contribution >= 0.6 is 24.0 Å². The van der Waals surface area contributed by atoms with E-state index in [4.69, 9.17) is 0 Å². The smallest absolute Gasteiger partial charge is 0.191 e. The molecule has 0 amide bonds. The second-order valence-electron chi connectivity index (χ2n) is 7.43. The summed E-state index contributed by atoms with van der Waals surface area (Å²) in [5, 5.41) is 6.67. The van der Waals surface area contributed by atoms with Gasteiger partial charge in [-0.25, -0.2) is 8.42 Å². The van der Waals surface area contributed by atoms with Gasteiger partial charge in [0.2, 0.25) is 0 Å². The molecule has 27 heavy (non-hydrogen) atoms. The van der Waals surface area contributed by atoms with E-state index in [1.54, 1.807) is 13.1 Å². The van der Waals surface area contributed by atoms with Crippen LogP contribution in [-0.4, -0.2) is 59.3 Å². The molecule has 0 aliphatic carbocycles. The normalized spacial score (nSPS) is 13.4. The van der Waals surface area contributed by atoms with Gasteiger partial charge in [0.25, 0.3) is 0 Å². The van der Waals surface area contributed by atoms with Crippen LogP contribution in [0.2, 0.25) is 0 Å². The number of halogens is 1. The minimum atomic E-state index is -3.18. The van der Waals surface area contributed by atoms with E-state index in [1.165, 1.54) is 6.26 Å². The van der Waals surface area contributed by atoms with E-state index in [0.717, 1.165) is 30.1 Å². The van der Waals surface area contributed by atoms with Crippen molar-refractivity contribution in [2.24, 2.45) is 10.9 Å². The second kappa shape index (κ2) is 11.9. The van der Waals surface area contributed by atoms with Crippen molar-refractivity contribution in [2.45, 2.75) is 44.7 Å². The van der Waals surface area contributed by atoms with Crippen molar-refractivity contribution in [1.29, 1.82) is 0 Å². The topological polar surface area (TPSA) is 73.8 Å². The summed E-state index contributed by atoms with van der Waals surface area (Å²) in [6, 6.07) is 5.84. The Hall–Kier alpha value is -0.870. The number of nitrogens with one attached hydrogen (secondary N) is 2. The predicted octanol–water partition coefficient (Wildman–Crippen LogP) is 2.66. The summed E-state index contributed by atoms with van der Waals surface area (Å²) in [7, 11) is 2.76. The van der Waals surface area contributed by atoms with Crippen LogP contribution in [0.15, 0.2) is 28.1 Å². The molecule has 0 saturated heterocycles. The molecule has 0 fully saturated rings. The summed E-state index contributed by atoms with van der Waals surface area (Å²) in [4.78, 5) is 6.88. The Labute approximate surface area is 182 Å². The van der Waals surface area contributed by atoms with Gasteiger partial charge in [0.15, 0.2) is 15.8 Å². The number of aliphatic imine (C=N–C) groups is 1. The second-order valence-corrected chi connectivity index (χ2v) is 9.41. The van der Waals surface area contributed by atoms with E-state index in [2.05, 4.69) is 48.5 Å². The van der Waals surface area contributed by atoms with Gasteiger partial charge in [0, 0.05) is 32.4 Å². The van der Waals surface area contributed by atoms with Crippen LogP contribution in [0.1, 0.15) is 31.4 Å². The zero-order chi connectivity index (χ0) is 19.9. The quantitative estimate of drug-likeness (QED) is 0.320. The summed E-state index contributed by atoms with van der Waals surface area (Å²) in [6.07, 6.45) is 2.35. The van der Waals surface area contributed by atoms with Crippen LogP contribution in [0.3, 0.4) is 0 Å². The standard InChI is InChI=1S/C19H34N4O2S.HI/c1-14(2)10-17(23(5)6)13-22-19(20-4)21-12-16-8-9-18(15(3)11-16)26(7,24)25;/h8-9,11,14,17H,10,12-13H2,1-7H3,(H2,20,21,22);1H. The molecule has 1 unspecified atom stereocenters. The van der Waals surface area contributed by atoms with Crippen molar-refractivity contribution in [2.75, 3.05) is 33.9 Å². The first-order valence-electron chi connectivity index (χ1n) is 8.95. The van der Waals surface area contributed by atoms with Crippen molar-refractivity contribution in [1.82, 2.24) is 15.5 Å². The third-order valence-corrected chi connectivity index (χ3v) is 5.56. The molecule has 2 N–H and O–H groups in total. The Balaban J connectivity index is 0.00000676. The maximum atomic E-state index is 11.7. The van der Waals surface area contributed by atoms with Gasteiger partial charge in [0.05, 0.1) is 4.90 Å². The van der Waals surface area contributed by atoms with Gasteiger partial charge < -0.3 is 15.5 Å². The molecule has 0 aromatic heterocycles. The molecule has 0 radical (unpaired) electrons. The lowest BCUT2D eigenvalue weighted by molar-refractivity contribution is 0.254. The van der Waals surface area contributed by atoms with Gasteiger partial charge in [-0.3, -0.25) is 4.99 Å². The van der Waals surface area contributed by atoms with E-state index in [9.17, 15) is 8.42 Å². The number of aryl methyl sites for hydroxylation is 1. The average molecular weight is 510 g/mol. The summed E-state index contributed by atoms with van der Waals surface area (Å²) in [6.45, 7) is 7.68. The molecule has 156 valence electrons. The highest BCUT2D eigenvalue weighted by atomic mass is 127. The first-order chi connectivity index (χ1) is 12.0. The molecule has 8 heteroatoms. The summed E-state index contributed by atoms with van der Waals surface area (Å²) in [5.74, 6) is 1.38. The summed E-state index contributed by atoms with van der Waals surface area (Å²) in [5.41, 5.74) is 1.78. The van der Waals surface area contributed by atoms with Gasteiger partial charge in [0.1, 0.15) is 0 Å². The predicted molar refractivity (Wildman–Crippen MR) is 125 cm³/mol. The van der Waals surface area contributed by atoms with E-state index < -0.39 is 9.84 Å². The lowest BCUT2D eigenvalue weighted by atomic mass is 10.0. The van der Waals surface area contributed by atoms with Crippen molar-refractivity contribution < 1.29 is 8.42 Å². The first kappa shape index (κ1) is 26.1. The fraction of sp³-hybridized carbons (Fsp3) is 0.632. The third kappa shape index (κ3) is 9.25. The third-order valence-electron chi connectivity index (χ3n) is 4.30. The van der Waals surface area contributed by atoms with Crippen LogP contribution < -0.4 is 10.6 Å². The highest BCUT2D eigenvalue weighted by molar-refractivity contribution is 14.0. The molecule has 0 saturated carbocycles. The maximum Gasteiger partial charge on any atom is 0.191 e. The van der Waals surface area contributed by atoms with Crippen LogP contribution in [0.4, 0.5) is 0 Å². The molecule has 1 rings (SSSR count). The van der Waals surface area contributed by atoms with Crippen molar-refractivity contribution in [3.05, 3.63) is 29.3 Å². The minimum absolute atomic E-state index is 0. The number of hydrogen-bond acceptors (Lipinski definition) is 4. The molecule has 0 aliphatic heterocycles. The fourth-order valence-corrected chi connectivity index (χ4v) is 3.84. The van der Waals surface area contributed by atoms with E-state index in [0.29, 0.717) is 23.4 Å². The summed E-state index contributed by atoms with van der Waals surface area (Å²) >= 11 is 0. The van der Waals surface area contributed by atoms with Crippen LogP contribution in [0, 0.1) is 12.8 Å². The Morgan fingerprint density at radius 1 is 1.22 bits per heavy atom. The average Bonchev–Trinajstić information content (AvgIpc) is 2.52. The monoisotopic (exact) mass is 510 g/mol. The molecule has 1 atom stereocenters. The van der Waals surface area contributed by atoms with Gasteiger partial charge in [-0.15, -0.1) is 24.0 Å². The molecular formula is C19H35IN4O2S. The van der Waals surface area contributed by atoms with Crippen molar-refractivity contribution in [3.8, 4) is 0 Å². The highest BCUT2D eigenvalue weighted by Gasteiger charge is 2.14. The van der Waals surface area contributed by atoms with Crippen molar-refractivity contribution >= 4 is 39.8 Å². The lowest BCUT2D eigenvalue weighted by Gasteiger charge is -2.27. The molecule has 1 aromatic rings. The SMILES string of the molecule is CN=C(NCc1ccc(S(C)(=O)=O)c(C)c1)NCC(CC(C)C)N(C)C.I. The number of sulfone groups is 1. The van der Waals surface area contributed by atoms with Gasteiger partial charge in [-0.05, 0) is 50.6 Å². The van der Waals surface area contributed by atoms with Crippen LogP contribution in [0.5, 0.6) is 0 Å². The number of likely N-dealkylation sites (N-methyl/N-ethyl adjacent to an activating group) is 1. The largest absolute Gasteiger partial charge is 0.355 e. The number of nitrogens with zero attached hydrogens (tertiary/aromatic N) is 2.